The molecule has 1 aliphatic rings. The summed E-state index contributed by atoms with van der Waals surface area (Å²) in [5.41, 5.74) is 3.80. The minimum Gasteiger partial charge on any atom is -0.477 e. The Labute approximate surface area is 209 Å². The lowest BCUT2D eigenvalue weighted by molar-refractivity contribution is 0.0690. The van der Waals surface area contributed by atoms with E-state index in [4.69, 9.17) is 23.3 Å². The molecular weight excluding hydrogens is 484 g/mol. The van der Waals surface area contributed by atoms with Crippen LogP contribution in [0.3, 0.4) is 0 Å². The molecule has 1 atom stereocenters. The van der Waals surface area contributed by atoms with Crippen LogP contribution in [0.15, 0.2) is 64.8 Å². The van der Waals surface area contributed by atoms with Gasteiger partial charge in [-0.05, 0) is 54.8 Å². The highest BCUT2D eigenvalue weighted by Gasteiger charge is 2.28. The Hall–Kier alpha value is -4.48. The first-order valence-corrected chi connectivity index (χ1v) is 11.3. The van der Waals surface area contributed by atoms with E-state index < -0.39 is 5.97 Å². The van der Waals surface area contributed by atoms with Gasteiger partial charge in [-0.1, -0.05) is 11.6 Å². The number of aromatic amines is 1. The van der Waals surface area contributed by atoms with Crippen molar-refractivity contribution in [3.63, 3.8) is 0 Å². The molecule has 4 aromatic rings. The van der Waals surface area contributed by atoms with Crippen LogP contribution in [0.5, 0.6) is 0 Å². The topological polar surface area (TPSA) is 169 Å². The minimum atomic E-state index is -1.11. The maximum absolute atomic E-state index is 13.3. The zero-order chi connectivity index (χ0) is 25.4. The molecule has 0 aliphatic carbocycles. The molecule has 0 saturated heterocycles. The van der Waals surface area contributed by atoms with E-state index in [0.717, 1.165) is 5.69 Å². The molecular formula is C24H21ClN8O3. The van der Waals surface area contributed by atoms with Crippen molar-refractivity contribution in [2.75, 3.05) is 5.01 Å². The van der Waals surface area contributed by atoms with Crippen molar-refractivity contribution in [1.82, 2.24) is 19.5 Å². The van der Waals surface area contributed by atoms with Gasteiger partial charge in [0.1, 0.15) is 17.9 Å². The summed E-state index contributed by atoms with van der Waals surface area (Å²) in [7, 11) is 0. The Morgan fingerprint density at radius 2 is 2.06 bits per heavy atom. The quantitative estimate of drug-likeness (QED) is 0.134. The van der Waals surface area contributed by atoms with Crippen LogP contribution in [-0.4, -0.2) is 36.9 Å². The summed E-state index contributed by atoms with van der Waals surface area (Å²) in [5.74, 6) is 10.8. The number of pyridine rings is 2. The first kappa shape index (κ1) is 23.3. The highest BCUT2D eigenvalue weighted by Crippen LogP contribution is 2.35. The number of halogens is 1. The van der Waals surface area contributed by atoms with E-state index in [9.17, 15) is 14.7 Å². The average Bonchev–Trinajstić information content (AvgIpc) is 3.52. The highest BCUT2D eigenvalue weighted by molar-refractivity contribution is 6.31. The van der Waals surface area contributed by atoms with Crippen LogP contribution >= 0.6 is 11.6 Å². The number of aryl methyl sites for hydroxylation is 1. The fourth-order valence-corrected chi connectivity index (χ4v) is 4.65. The number of rotatable bonds is 6. The number of carbonyl (C=O) groups is 1. The first-order valence-electron chi connectivity index (χ1n) is 10.9. The molecule has 0 spiro atoms. The summed E-state index contributed by atoms with van der Waals surface area (Å²) in [6.45, 7) is 0. The van der Waals surface area contributed by atoms with E-state index in [2.05, 4.69) is 20.1 Å². The Morgan fingerprint density at radius 3 is 2.83 bits per heavy atom. The lowest BCUT2D eigenvalue weighted by atomic mass is 10.0. The molecule has 0 radical (unpaired) electrons. The van der Waals surface area contributed by atoms with Gasteiger partial charge in [0.15, 0.2) is 0 Å². The van der Waals surface area contributed by atoms with Crippen LogP contribution in [0.25, 0.3) is 22.4 Å². The maximum atomic E-state index is 13.3. The molecule has 1 aromatic carbocycles. The van der Waals surface area contributed by atoms with Gasteiger partial charge in [-0.3, -0.25) is 9.80 Å². The SMILES string of the molecule is N/N=C\N(N)c1ccc(Cl)cc1-c1cc2n(c(=O)c1)C(c1ncc(-c3ccnc(C(=O)O)c3)[nH]1)CC2. The number of hydrazine groups is 1. The lowest BCUT2D eigenvalue weighted by Gasteiger charge is -2.18. The standard InChI is InChI=1S/C24H21ClN8O3/c25-15-1-3-20(32(27)12-30-26)17(10-15)14-7-16-2-4-21(33(16)22(34)9-14)23-29-11-19(31-23)13-5-6-28-18(8-13)24(35)36/h1,3,5-12,21H,2,4,26-27H2,(H,29,31)(H,35,36)/b30-12-. The number of carboxylic acids is 1. The molecule has 5 rings (SSSR count). The second-order valence-electron chi connectivity index (χ2n) is 8.25. The smallest absolute Gasteiger partial charge is 0.354 e. The number of benzene rings is 1. The zero-order valence-corrected chi connectivity index (χ0v) is 19.6. The highest BCUT2D eigenvalue weighted by atomic mass is 35.5. The Kier molecular flexibility index (Phi) is 6.00. The maximum Gasteiger partial charge on any atom is 0.354 e. The number of carboxylic acid groups (broad SMARTS) is 1. The number of hydrogen-bond acceptors (Lipinski definition) is 7. The van der Waals surface area contributed by atoms with Crippen LogP contribution in [0, 0.1) is 0 Å². The van der Waals surface area contributed by atoms with Crippen molar-refractivity contribution in [1.29, 1.82) is 0 Å². The number of nitrogens with zero attached hydrogens (tertiary/aromatic N) is 5. The predicted octanol–water partition coefficient (Wildman–Crippen LogP) is 2.77. The Balaban J connectivity index is 1.51. The van der Waals surface area contributed by atoms with Crippen molar-refractivity contribution in [2.45, 2.75) is 18.9 Å². The largest absolute Gasteiger partial charge is 0.477 e. The third kappa shape index (κ3) is 4.21. The number of fused-ring (bicyclic) bond motifs is 1. The summed E-state index contributed by atoms with van der Waals surface area (Å²) < 4.78 is 1.72. The van der Waals surface area contributed by atoms with E-state index in [1.807, 2.05) is 6.07 Å². The van der Waals surface area contributed by atoms with Crippen LogP contribution in [0.2, 0.25) is 5.02 Å². The van der Waals surface area contributed by atoms with Crippen molar-refractivity contribution >= 4 is 29.6 Å². The number of anilines is 1. The molecule has 1 aliphatic heterocycles. The van der Waals surface area contributed by atoms with Crippen molar-refractivity contribution < 1.29 is 9.90 Å². The van der Waals surface area contributed by atoms with E-state index in [1.165, 1.54) is 29.7 Å². The fourth-order valence-electron chi connectivity index (χ4n) is 4.48. The van der Waals surface area contributed by atoms with E-state index >= 15 is 0 Å². The van der Waals surface area contributed by atoms with E-state index in [-0.39, 0.29) is 17.3 Å². The van der Waals surface area contributed by atoms with Gasteiger partial charge in [-0.15, -0.1) is 0 Å². The van der Waals surface area contributed by atoms with Crippen LogP contribution in [-0.2, 0) is 6.42 Å². The molecule has 6 N–H and O–H groups in total. The summed E-state index contributed by atoms with van der Waals surface area (Å²) in [6.07, 6.45) is 5.66. The van der Waals surface area contributed by atoms with Crippen LogP contribution in [0.4, 0.5) is 5.69 Å². The molecule has 182 valence electrons. The van der Waals surface area contributed by atoms with Crippen LogP contribution in [0.1, 0.15) is 34.5 Å². The average molecular weight is 505 g/mol. The minimum absolute atomic E-state index is 0.0622. The van der Waals surface area contributed by atoms with Gasteiger partial charge in [0.25, 0.3) is 5.56 Å². The van der Waals surface area contributed by atoms with E-state index in [0.29, 0.717) is 51.8 Å². The second kappa shape index (κ2) is 9.29. The second-order valence-corrected chi connectivity index (χ2v) is 8.68. The van der Waals surface area contributed by atoms with Gasteiger partial charge in [0, 0.05) is 34.1 Å². The normalized spacial score (nSPS) is 14.8. The molecule has 0 saturated carbocycles. The van der Waals surface area contributed by atoms with Crippen LogP contribution < -0.4 is 22.3 Å². The molecule has 0 fully saturated rings. The molecule has 0 bridgehead atoms. The van der Waals surface area contributed by atoms with Gasteiger partial charge in [-0.2, -0.15) is 5.10 Å². The summed E-state index contributed by atoms with van der Waals surface area (Å²) >= 11 is 6.24. The Morgan fingerprint density at radius 1 is 1.22 bits per heavy atom. The number of hydrogen-bond donors (Lipinski definition) is 4. The van der Waals surface area contributed by atoms with Crippen molar-refractivity contribution in [3.05, 3.63) is 87.4 Å². The number of nitrogens with one attached hydrogen (secondary N) is 1. The fraction of sp³-hybridized carbons (Fsp3) is 0.125. The number of aromatic carboxylic acids is 1. The van der Waals surface area contributed by atoms with E-state index in [1.54, 1.807) is 35.0 Å². The summed E-state index contributed by atoms with van der Waals surface area (Å²) in [4.78, 5) is 36.1. The number of nitrogens with two attached hydrogens (primary N) is 2. The predicted molar refractivity (Wildman–Crippen MR) is 136 cm³/mol. The molecule has 12 heteroatoms. The number of aromatic nitrogens is 4. The van der Waals surface area contributed by atoms with Crippen molar-refractivity contribution in [2.24, 2.45) is 16.8 Å². The number of H-pyrrole nitrogens is 1. The third-order valence-electron chi connectivity index (χ3n) is 6.07. The summed E-state index contributed by atoms with van der Waals surface area (Å²) in [6, 6.07) is 11.5. The Bertz CT molecular complexity index is 1560. The van der Waals surface area contributed by atoms with Gasteiger partial charge in [0.05, 0.1) is 23.6 Å². The number of imidazole rings is 1. The van der Waals surface area contributed by atoms with Crippen molar-refractivity contribution in [3.8, 4) is 22.4 Å². The molecule has 3 aromatic heterocycles. The third-order valence-corrected chi connectivity index (χ3v) is 6.31. The zero-order valence-electron chi connectivity index (χ0n) is 18.8. The number of hydrazone groups is 1. The summed E-state index contributed by atoms with van der Waals surface area (Å²) in [5, 5.41) is 14.4. The monoisotopic (exact) mass is 504 g/mol. The first-order chi connectivity index (χ1) is 17.4. The van der Waals surface area contributed by atoms with Gasteiger partial charge >= 0.3 is 5.97 Å². The van der Waals surface area contributed by atoms with Gasteiger partial charge < -0.3 is 20.5 Å². The molecule has 11 nitrogen and oxygen atoms in total. The molecule has 1 unspecified atom stereocenters. The molecule has 4 heterocycles. The molecule has 36 heavy (non-hydrogen) atoms. The van der Waals surface area contributed by atoms with Gasteiger partial charge in [-0.25, -0.2) is 20.6 Å². The molecule has 0 amide bonds. The lowest BCUT2D eigenvalue weighted by Crippen LogP contribution is -2.30. The van der Waals surface area contributed by atoms with Gasteiger partial charge in [0.2, 0.25) is 0 Å².